The summed E-state index contributed by atoms with van der Waals surface area (Å²) in [5.41, 5.74) is 3.27. The standard InChI is InChI=1S/C19H24N8O/c1-14-2-4-15(5-3-14)25-9-6-24(7-10-25)8-11-27-17-16(12-21-27)18-22-23-19(28)26(18)13-20-17/h2-5,12,20H,6-11,13H2,1H3,(H,23,28). The Labute approximate surface area is 162 Å². The minimum atomic E-state index is -0.202. The van der Waals surface area contributed by atoms with Crippen LogP contribution in [0.1, 0.15) is 5.56 Å². The zero-order valence-electron chi connectivity index (χ0n) is 15.9. The number of aryl methyl sites for hydroxylation is 1. The fourth-order valence-electron chi connectivity index (χ4n) is 3.95. The molecule has 1 aromatic carbocycles. The maximum atomic E-state index is 11.7. The molecular formula is C19H24N8O. The number of hydrogen-bond donors (Lipinski definition) is 2. The van der Waals surface area contributed by atoms with Gasteiger partial charge in [-0.1, -0.05) is 17.7 Å². The maximum absolute atomic E-state index is 11.7. The van der Waals surface area contributed by atoms with Gasteiger partial charge in [0.25, 0.3) is 0 Å². The van der Waals surface area contributed by atoms with Crippen LogP contribution in [0, 0.1) is 6.92 Å². The summed E-state index contributed by atoms with van der Waals surface area (Å²) < 4.78 is 3.56. The lowest BCUT2D eigenvalue weighted by atomic mass is 10.2. The van der Waals surface area contributed by atoms with Crippen molar-refractivity contribution in [3.05, 3.63) is 46.5 Å². The third-order valence-electron chi connectivity index (χ3n) is 5.64. The van der Waals surface area contributed by atoms with Crippen LogP contribution >= 0.6 is 0 Å². The van der Waals surface area contributed by atoms with E-state index in [1.165, 1.54) is 11.3 Å². The van der Waals surface area contributed by atoms with Crippen LogP contribution in [-0.4, -0.2) is 62.2 Å². The van der Waals surface area contributed by atoms with Gasteiger partial charge in [0, 0.05) is 38.4 Å². The maximum Gasteiger partial charge on any atom is 0.345 e. The van der Waals surface area contributed by atoms with Crippen LogP contribution in [0.3, 0.4) is 0 Å². The van der Waals surface area contributed by atoms with Crippen molar-refractivity contribution < 1.29 is 0 Å². The highest BCUT2D eigenvalue weighted by Gasteiger charge is 2.24. The number of nitrogens with one attached hydrogen (secondary N) is 2. The zero-order valence-corrected chi connectivity index (χ0v) is 15.9. The number of nitrogens with zero attached hydrogens (tertiary/aromatic N) is 6. The Morgan fingerprint density at radius 3 is 2.64 bits per heavy atom. The molecular weight excluding hydrogens is 356 g/mol. The molecule has 0 radical (unpaired) electrons. The summed E-state index contributed by atoms with van der Waals surface area (Å²) in [6.45, 7) is 8.46. The summed E-state index contributed by atoms with van der Waals surface area (Å²) in [5, 5.41) is 14.4. The van der Waals surface area contributed by atoms with Crippen LogP contribution in [0.15, 0.2) is 35.3 Å². The van der Waals surface area contributed by atoms with E-state index in [0.717, 1.165) is 50.6 Å². The third-order valence-corrected chi connectivity index (χ3v) is 5.64. The predicted molar refractivity (Wildman–Crippen MR) is 108 cm³/mol. The number of aromatic amines is 1. The van der Waals surface area contributed by atoms with E-state index in [9.17, 15) is 4.79 Å². The van der Waals surface area contributed by atoms with Gasteiger partial charge in [-0.05, 0) is 19.1 Å². The summed E-state index contributed by atoms with van der Waals surface area (Å²) in [6, 6.07) is 8.77. The fourth-order valence-corrected chi connectivity index (χ4v) is 3.95. The molecule has 2 aliphatic heterocycles. The highest BCUT2D eigenvalue weighted by atomic mass is 16.1. The predicted octanol–water partition coefficient (Wildman–Crippen LogP) is 0.949. The lowest BCUT2D eigenvalue weighted by Gasteiger charge is -2.36. The monoisotopic (exact) mass is 380 g/mol. The summed E-state index contributed by atoms with van der Waals surface area (Å²) in [6.07, 6.45) is 1.78. The fraction of sp³-hybridized carbons (Fsp3) is 0.421. The SMILES string of the molecule is Cc1ccc(N2CCN(CCn3ncc4c3NCn3c-4n[nH]c3=O)CC2)cc1. The van der Waals surface area contributed by atoms with Crippen molar-refractivity contribution in [3.8, 4) is 11.4 Å². The van der Waals surface area contributed by atoms with Crippen molar-refractivity contribution in [2.24, 2.45) is 0 Å². The van der Waals surface area contributed by atoms with Gasteiger partial charge in [-0.25, -0.2) is 14.6 Å². The molecule has 0 unspecified atom stereocenters. The Morgan fingerprint density at radius 2 is 1.86 bits per heavy atom. The molecule has 9 heteroatoms. The first-order valence-electron chi connectivity index (χ1n) is 9.68. The topological polar surface area (TPSA) is 87.0 Å². The molecule has 146 valence electrons. The first-order valence-corrected chi connectivity index (χ1v) is 9.68. The molecule has 0 amide bonds. The first-order chi connectivity index (χ1) is 13.7. The molecule has 2 N–H and O–H groups in total. The van der Waals surface area contributed by atoms with E-state index in [1.54, 1.807) is 10.8 Å². The van der Waals surface area contributed by atoms with Crippen LogP contribution in [0.4, 0.5) is 11.5 Å². The second-order valence-corrected chi connectivity index (χ2v) is 7.41. The molecule has 1 fully saturated rings. The van der Waals surface area contributed by atoms with Crippen molar-refractivity contribution in [1.29, 1.82) is 0 Å². The van der Waals surface area contributed by atoms with Crippen LogP contribution in [-0.2, 0) is 13.2 Å². The molecule has 0 aliphatic carbocycles. The Kier molecular flexibility index (Phi) is 4.16. The Balaban J connectivity index is 1.20. The largest absolute Gasteiger partial charge is 0.369 e. The van der Waals surface area contributed by atoms with Gasteiger partial charge in [0.05, 0.1) is 25.0 Å². The average molecular weight is 380 g/mol. The lowest BCUT2D eigenvalue weighted by Crippen LogP contribution is -2.47. The number of anilines is 2. The van der Waals surface area contributed by atoms with Gasteiger partial charge >= 0.3 is 5.69 Å². The summed E-state index contributed by atoms with van der Waals surface area (Å²) in [7, 11) is 0. The van der Waals surface area contributed by atoms with E-state index in [0.29, 0.717) is 12.5 Å². The van der Waals surface area contributed by atoms with E-state index >= 15 is 0 Å². The molecule has 0 saturated carbocycles. The molecule has 3 aromatic rings. The first kappa shape index (κ1) is 17.1. The molecule has 2 aliphatic rings. The van der Waals surface area contributed by atoms with Crippen molar-refractivity contribution in [3.63, 3.8) is 0 Å². The highest BCUT2D eigenvalue weighted by Crippen LogP contribution is 2.29. The van der Waals surface area contributed by atoms with E-state index in [2.05, 4.69) is 61.6 Å². The normalized spacial score (nSPS) is 16.5. The average Bonchev–Trinajstić information content (AvgIpc) is 3.31. The molecule has 0 spiro atoms. The van der Waals surface area contributed by atoms with Crippen LogP contribution in [0.25, 0.3) is 11.4 Å². The number of hydrogen-bond acceptors (Lipinski definition) is 6. The minimum Gasteiger partial charge on any atom is -0.369 e. The molecule has 4 heterocycles. The Bertz CT molecular complexity index is 1020. The van der Waals surface area contributed by atoms with E-state index < -0.39 is 0 Å². The van der Waals surface area contributed by atoms with Gasteiger partial charge in [0.1, 0.15) is 5.82 Å². The molecule has 1 saturated heterocycles. The van der Waals surface area contributed by atoms with Crippen LogP contribution in [0.5, 0.6) is 0 Å². The summed E-state index contributed by atoms with van der Waals surface area (Å²) in [5.74, 6) is 1.58. The van der Waals surface area contributed by atoms with Gasteiger partial charge in [0.15, 0.2) is 5.82 Å². The van der Waals surface area contributed by atoms with Gasteiger partial charge in [-0.15, -0.1) is 0 Å². The molecule has 0 atom stereocenters. The van der Waals surface area contributed by atoms with Crippen molar-refractivity contribution in [2.75, 3.05) is 42.9 Å². The zero-order chi connectivity index (χ0) is 19.1. The molecule has 2 aromatic heterocycles. The summed E-state index contributed by atoms with van der Waals surface area (Å²) in [4.78, 5) is 16.7. The van der Waals surface area contributed by atoms with Gasteiger partial charge in [-0.3, -0.25) is 9.47 Å². The van der Waals surface area contributed by atoms with E-state index in [4.69, 9.17) is 0 Å². The second kappa shape index (κ2) is 6.83. The van der Waals surface area contributed by atoms with Crippen molar-refractivity contribution in [2.45, 2.75) is 20.1 Å². The van der Waals surface area contributed by atoms with Gasteiger partial charge in [0.2, 0.25) is 0 Å². The number of benzene rings is 1. The number of H-pyrrole nitrogens is 1. The van der Waals surface area contributed by atoms with E-state index in [1.807, 2.05) is 4.68 Å². The quantitative estimate of drug-likeness (QED) is 0.701. The number of aromatic nitrogens is 5. The second-order valence-electron chi connectivity index (χ2n) is 7.41. The molecule has 0 bridgehead atoms. The molecule has 9 nitrogen and oxygen atoms in total. The van der Waals surface area contributed by atoms with Gasteiger partial charge in [-0.2, -0.15) is 10.2 Å². The van der Waals surface area contributed by atoms with Crippen molar-refractivity contribution in [1.82, 2.24) is 29.4 Å². The number of fused-ring (bicyclic) bond motifs is 3. The van der Waals surface area contributed by atoms with Gasteiger partial charge < -0.3 is 10.2 Å². The number of rotatable bonds is 4. The Morgan fingerprint density at radius 1 is 1.07 bits per heavy atom. The molecule has 28 heavy (non-hydrogen) atoms. The van der Waals surface area contributed by atoms with Crippen molar-refractivity contribution >= 4 is 11.5 Å². The minimum absolute atomic E-state index is 0.202. The van der Waals surface area contributed by atoms with Crippen LogP contribution in [0.2, 0.25) is 0 Å². The number of piperazine rings is 1. The summed E-state index contributed by atoms with van der Waals surface area (Å²) >= 11 is 0. The lowest BCUT2D eigenvalue weighted by molar-refractivity contribution is 0.245. The van der Waals surface area contributed by atoms with Crippen LogP contribution < -0.4 is 15.9 Å². The van der Waals surface area contributed by atoms with E-state index in [-0.39, 0.29) is 5.69 Å². The smallest absolute Gasteiger partial charge is 0.345 e. The molecule has 5 rings (SSSR count). The Hall–Kier alpha value is -3.07. The third kappa shape index (κ3) is 2.97. The highest BCUT2D eigenvalue weighted by molar-refractivity contribution is 5.71.